The maximum Gasteiger partial charge on any atom is 0.119 e. The minimum Gasteiger partial charge on any atom is -0.494 e. The normalized spacial score (nSPS) is 12.1. The quantitative estimate of drug-likeness (QED) is 0.424. The Hall–Kier alpha value is -0.800. The van der Waals surface area contributed by atoms with Gasteiger partial charge < -0.3 is 4.74 Å². The van der Waals surface area contributed by atoms with Gasteiger partial charge in [0, 0.05) is 9.80 Å². The molecule has 1 atom stereocenters. The number of ether oxygens (including phenoxy) is 1. The van der Waals surface area contributed by atoms with Crippen molar-refractivity contribution in [2.45, 2.75) is 18.8 Å². The van der Waals surface area contributed by atoms with Gasteiger partial charge in [-0.1, -0.05) is 62.2 Å². The third-order valence-electron chi connectivity index (χ3n) is 3.24. The third-order valence-corrected chi connectivity index (χ3v) is 4.55. The zero-order valence-corrected chi connectivity index (χ0v) is 14.4. The van der Waals surface area contributed by atoms with Crippen molar-refractivity contribution in [1.29, 1.82) is 0 Å². The van der Waals surface area contributed by atoms with Gasteiger partial charge in [0.05, 0.1) is 6.61 Å². The second-order valence-corrected chi connectivity index (χ2v) is 6.27. The molecule has 0 saturated heterocycles. The minimum atomic E-state index is 0.544. The Kier molecular flexibility index (Phi) is 6.61. The molecule has 0 aliphatic carbocycles. The molecule has 0 aromatic heterocycles. The van der Waals surface area contributed by atoms with Gasteiger partial charge in [-0.15, -0.1) is 0 Å². The van der Waals surface area contributed by atoms with E-state index in [9.17, 15) is 0 Å². The first-order chi connectivity index (χ1) is 9.79. The van der Waals surface area contributed by atoms with Crippen molar-refractivity contribution in [3.8, 4) is 5.75 Å². The van der Waals surface area contributed by atoms with Gasteiger partial charge in [-0.25, -0.2) is 0 Å². The third kappa shape index (κ3) is 4.95. The molecule has 0 bridgehead atoms. The van der Waals surface area contributed by atoms with Crippen molar-refractivity contribution >= 4 is 31.9 Å². The summed E-state index contributed by atoms with van der Waals surface area (Å²) in [6, 6.07) is 18.6. The number of rotatable bonds is 7. The van der Waals surface area contributed by atoms with Crippen LogP contribution in [0.1, 0.15) is 24.3 Å². The Labute approximate surface area is 137 Å². The van der Waals surface area contributed by atoms with Gasteiger partial charge in [0.1, 0.15) is 5.75 Å². The fourth-order valence-corrected chi connectivity index (χ4v) is 3.07. The zero-order valence-electron chi connectivity index (χ0n) is 11.3. The number of hydrogen-bond donors (Lipinski definition) is 0. The van der Waals surface area contributed by atoms with Crippen molar-refractivity contribution in [3.05, 3.63) is 64.6 Å². The standard InChI is InChI=1S/C17H18Br2O/c18-13-15(14-8-10-16(19)11-9-14)5-4-12-20-17-6-2-1-3-7-17/h1-3,6-11,15H,4-5,12-13H2. The van der Waals surface area contributed by atoms with Crippen LogP contribution in [0.25, 0.3) is 0 Å². The highest BCUT2D eigenvalue weighted by Gasteiger charge is 2.09. The summed E-state index contributed by atoms with van der Waals surface area (Å²) in [5.74, 6) is 1.49. The summed E-state index contributed by atoms with van der Waals surface area (Å²) < 4.78 is 6.86. The van der Waals surface area contributed by atoms with E-state index < -0.39 is 0 Å². The van der Waals surface area contributed by atoms with Crippen molar-refractivity contribution in [3.63, 3.8) is 0 Å². The molecule has 1 unspecified atom stereocenters. The molecule has 0 radical (unpaired) electrons. The Morgan fingerprint density at radius 2 is 1.65 bits per heavy atom. The van der Waals surface area contributed by atoms with E-state index in [4.69, 9.17) is 4.74 Å². The SMILES string of the molecule is BrCC(CCCOc1ccccc1)c1ccc(Br)cc1. The highest BCUT2D eigenvalue weighted by atomic mass is 79.9. The molecule has 0 spiro atoms. The number of benzene rings is 2. The topological polar surface area (TPSA) is 9.23 Å². The van der Waals surface area contributed by atoms with E-state index in [0.717, 1.165) is 35.0 Å². The van der Waals surface area contributed by atoms with Crippen LogP contribution in [0.5, 0.6) is 5.75 Å². The molecule has 2 aromatic carbocycles. The van der Waals surface area contributed by atoms with E-state index in [0.29, 0.717) is 5.92 Å². The summed E-state index contributed by atoms with van der Waals surface area (Å²) >= 11 is 7.09. The average molecular weight is 398 g/mol. The molecule has 0 aliphatic rings. The first-order valence-corrected chi connectivity index (χ1v) is 8.70. The molecule has 2 rings (SSSR count). The summed E-state index contributed by atoms with van der Waals surface area (Å²) in [6.07, 6.45) is 2.18. The average Bonchev–Trinajstić information content (AvgIpc) is 2.50. The van der Waals surface area contributed by atoms with Gasteiger partial charge in [0.15, 0.2) is 0 Å². The van der Waals surface area contributed by atoms with Gasteiger partial charge in [-0.2, -0.15) is 0 Å². The Morgan fingerprint density at radius 1 is 0.950 bits per heavy atom. The molecular weight excluding hydrogens is 380 g/mol. The number of halogens is 2. The van der Waals surface area contributed by atoms with Gasteiger partial charge in [0.2, 0.25) is 0 Å². The summed E-state index contributed by atoms with van der Waals surface area (Å²) in [5, 5.41) is 0.986. The van der Waals surface area contributed by atoms with Crippen LogP contribution in [0.3, 0.4) is 0 Å². The van der Waals surface area contributed by atoms with Crippen LogP contribution < -0.4 is 4.74 Å². The summed E-state index contributed by atoms with van der Waals surface area (Å²) in [4.78, 5) is 0. The van der Waals surface area contributed by atoms with Crippen LogP contribution in [-0.4, -0.2) is 11.9 Å². The molecule has 0 aliphatic heterocycles. The van der Waals surface area contributed by atoms with E-state index in [2.05, 4.69) is 56.1 Å². The van der Waals surface area contributed by atoms with Gasteiger partial charge in [-0.3, -0.25) is 0 Å². The zero-order chi connectivity index (χ0) is 14.2. The highest BCUT2D eigenvalue weighted by molar-refractivity contribution is 9.10. The summed E-state index contributed by atoms with van der Waals surface area (Å²) in [5.41, 5.74) is 1.38. The van der Waals surface area contributed by atoms with Crippen molar-refractivity contribution < 1.29 is 4.74 Å². The predicted molar refractivity (Wildman–Crippen MR) is 91.8 cm³/mol. The molecule has 3 heteroatoms. The van der Waals surface area contributed by atoms with Gasteiger partial charge in [0.25, 0.3) is 0 Å². The molecule has 0 amide bonds. The lowest BCUT2D eigenvalue weighted by atomic mass is 9.96. The Morgan fingerprint density at radius 3 is 2.30 bits per heavy atom. The van der Waals surface area contributed by atoms with Crippen LogP contribution in [0.15, 0.2) is 59.1 Å². The minimum absolute atomic E-state index is 0.544. The first kappa shape index (κ1) is 15.6. The number of para-hydroxylation sites is 1. The monoisotopic (exact) mass is 396 g/mol. The second-order valence-electron chi connectivity index (χ2n) is 4.71. The van der Waals surface area contributed by atoms with Crippen LogP contribution >= 0.6 is 31.9 Å². The summed E-state index contributed by atoms with van der Waals surface area (Å²) in [6.45, 7) is 0.768. The number of hydrogen-bond acceptors (Lipinski definition) is 1. The molecule has 0 saturated carbocycles. The highest BCUT2D eigenvalue weighted by Crippen LogP contribution is 2.25. The second kappa shape index (κ2) is 8.48. The largest absolute Gasteiger partial charge is 0.494 e. The van der Waals surface area contributed by atoms with Crippen LogP contribution in [-0.2, 0) is 0 Å². The first-order valence-electron chi connectivity index (χ1n) is 6.79. The fraction of sp³-hybridized carbons (Fsp3) is 0.294. The van der Waals surface area contributed by atoms with E-state index in [1.807, 2.05) is 30.3 Å². The molecular formula is C17H18Br2O. The molecule has 20 heavy (non-hydrogen) atoms. The van der Waals surface area contributed by atoms with Gasteiger partial charge in [-0.05, 0) is 48.6 Å². The van der Waals surface area contributed by atoms with Crippen molar-refractivity contribution in [2.75, 3.05) is 11.9 Å². The van der Waals surface area contributed by atoms with Crippen LogP contribution in [0.4, 0.5) is 0 Å². The lowest BCUT2D eigenvalue weighted by molar-refractivity contribution is 0.303. The van der Waals surface area contributed by atoms with Crippen molar-refractivity contribution in [1.82, 2.24) is 0 Å². The summed E-state index contributed by atoms with van der Waals surface area (Å²) in [7, 11) is 0. The Balaban J connectivity index is 1.78. The van der Waals surface area contributed by atoms with E-state index in [1.54, 1.807) is 0 Å². The molecule has 1 nitrogen and oxygen atoms in total. The Bertz CT molecular complexity index is 496. The van der Waals surface area contributed by atoms with E-state index in [1.165, 1.54) is 5.56 Å². The van der Waals surface area contributed by atoms with E-state index >= 15 is 0 Å². The molecule has 0 fully saturated rings. The molecule has 106 valence electrons. The maximum atomic E-state index is 5.73. The maximum absolute atomic E-state index is 5.73. The molecule has 2 aromatic rings. The van der Waals surface area contributed by atoms with E-state index in [-0.39, 0.29) is 0 Å². The van der Waals surface area contributed by atoms with Crippen molar-refractivity contribution in [2.24, 2.45) is 0 Å². The lowest BCUT2D eigenvalue weighted by Crippen LogP contribution is -2.04. The lowest BCUT2D eigenvalue weighted by Gasteiger charge is -2.15. The molecule has 0 heterocycles. The molecule has 0 N–H and O–H groups in total. The van der Waals surface area contributed by atoms with Crippen LogP contribution in [0.2, 0.25) is 0 Å². The smallest absolute Gasteiger partial charge is 0.119 e. The number of alkyl halides is 1. The fourth-order valence-electron chi connectivity index (χ4n) is 2.10. The predicted octanol–water partition coefficient (Wildman–Crippen LogP) is 5.79. The van der Waals surface area contributed by atoms with Gasteiger partial charge >= 0.3 is 0 Å². The van der Waals surface area contributed by atoms with Crippen LogP contribution in [0, 0.1) is 0 Å².